The third kappa shape index (κ3) is 2.72. The average Bonchev–Trinajstić information content (AvgIpc) is 2.39. The quantitative estimate of drug-likeness (QED) is 0.771. The van der Waals surface area contributed by atoms with Gasteiger partial charge in [-0.1, -0.05) is 11.6 Å². The lowest BCUT2D eigenvalue weighted by molar-refractivity contribution is -0.129. The minimum atomic E-state index is 0.121. The van der Waals surface area contributed by atoms with Crippen LogP contribution in [0.3, 0.4) is 0 Å². The second-order valence-corrected chi connectivity index (χ2v) is 5.11. The highest BCUT2D eigenvalue weighted by Gasteiger charge is 2.23. The first-order valence-corrected chi connectivity index (χ1v) is 6.49. The van der Waals surface area contributed by atoms with Gasteiger partial charge in [0.25, 0.3) is 0 Å². The van der Waals surface area contributed by atoms with Gasteiger partial charge in [0.2, 0.25) is 5.91 Å². The van der Waals surface area contributed by atoms with Gasteiger partial charge in [0, 0.05) is 30.6 Å². The van der Waals surface area contributed by atoms with Crippen LogP contribution in [0.4, 0.5) is 0 Å². The van der Waals surface area contributed by atoms with E-state index in [1.807, 2.05) is 11.0 Å². The van der Waals surface area contributed by atoms with Crippen molar-refractivity contribution in [1.82, 2.24) is 4.90 Å². The third-order valence-corrected chi connectivity index (χ3v) is 3.79. The van der Waals surface area contributed by atoms with Gasteiger partial charge in [-0.25, -0.2) is 0 Å². The van der Waals surface area contributed by atoms with Gasteiger partial charge in [-0.05, 0) is 42.5 Å². The smallest absolute Gasteiger partial charge is 0.219 e. The SMILES string of the molecule is CC(=O)N1CCC(c2cc(Cl)ccc2C=O)CC1. The van der Waals surface area contributed by atoms with Crippen molar-refractivity contribution >= 4 is 23.8 Å². The molecule has 1 heterocycles. The highest BCUT2D eigenvalue weighted by atomic mass is 35.5. The van der Waals surface area contributed by atoms with Crippen LogP contribution < -0.4 is 0 Å². The number of aldehydes is 1. The van der Waals surface area contributed by atoms with Crippen molar-refractivity contribution in [1.29, 1.82) is 0 Å². The molecule has 0 aromatic heterocycles. The molecular weight excluding hydrogens is 250 g/mol. The zero-order valence-electron chi connectivity index (χ0n) is 10.4. The predicted octanol–water partition coefficient (Wildman–Crippen LogP) is 2.88. The third-order valence-electron chi connectivity index (χ3n) is 3.56. The summed E-state index contributed by atoms with van der Waals surface area (Å²) in [6.07, 6.45) is 2.66. The number of rotatable bonds is 2. The Labute approximate surface area is 112 Å². The summed E-state index contributed by atoms with van der Waals surface area (Å²) >= 11 is 5.99. The second-order valence-electron chi connectivity index (χ2n) is 4.67. The molecule has 0 atom stereocenters. The molecule has 1 saturated heterocycles. The van der Waals surface area contributed by atoms with Gasteiger partial charge >= 0.3 is 0 Å². The fourth-order valence-electron chi connectivity index (χ4n) is 2.51. The van der Waals surface area contributed by atoms with E-state index < -0.39 is 0 Å². The standard InChI is InChI=1S/C14H16ClNO2/c1-10(18)16-6-4-11(5-7-16)14-8-13(15)3-2-12(14)9-17/h2-3,8-9,11H,4-7H2,1H3. The minimum Gasteiger partial charge on any atom is -0.343 e. The lowest BCUT2D eigenvalue weighted by atomic mass is 9.87. The summed E-state index contributed by atoms with van der Waals surface area (Å²) in [7, 11) is 0. The number of hydrogen-bond acceptors (Lipinski definition) is 2. The van der Waals surface area contributed by atoms with Crippen molar-refractivity contribution in [3.05, 3.63) is 34.3 Å². The van der Waals surface area contributed by atoms with Crippen LogP contribution in [-0.4, -0.2) is 30.2 Å². The predicted molar refractivity (Wildman–Crippen MR) is 71.1 cm³/mol. The number of halogens is 1. The molecule has 0 radical (unpaired) electrons. The van der Waals surface area contributed by atoms with E-state index in [2.05, 4.69) is 0 Å². The van der Waals surface area contributed by atoms with Gasteiger partial charge < -0.3 is 4.90 Å². The van der Waals surface area contributed by atoms with Crippen LogP contribution >= 0.6 is 11.6 Å². The highest BCUT2D eigenvalue weighted by Crippen LogP contribution is 2.31. The summed E-state index contributed by atoms with van der Waals surface area (Å²) in [5, 5.41) is 0.657. The summed E-state index contributed by atoms with van der Waals surface area (Å²) in [4.78, 5) is 24.2. The van der Waals surface area contributed by atoms with Gasteiger partial charge in [0.15, 0.2) is 0 Å². The summed E-state index contributed by atoms with van der Waals surface area (Å²) in [5.74, 6) is 0.439. The Bertz CT molecular complexity index is 465. The fourth-order valence-corrected chi connectivity index (χ4v) is 2.69. The maximum atomic E-state index is 11.3. The number of carbonyl (C=O) groups excluding carboxylic acids is 2. The van der Waals surface area contributed by atoms with Gasteiger partial charge in [-0.3, -0.25) is 9.59 Å². The van der Waals surface area contributed by atoms with E-state index in [9.17, 15) is 9.59 Å². The Balaban J connectivity index is 2.16. The number of amides is 1. The van der Waals surface area contributed by atoms with Gasteiger partial charge in [0.05, 0.1) is 0 Å². The first kappa shape index (κ1) is 13.1. The molecule has 1 aliphatic rings. The van der Waals surface area contributed by atoms with E-state index in [0.29, 0.717) is 16.5 Å². The largest absolute Gasteiger partial charge is 0.343 e. The Morgan fingerprint density at radius 1 is 1.39 bits per heavy atom. The fraction of sp³-hybridized carbons (Fsp3) is 0.429. The molecule has 0 bridgehead atoms. The van der Waals surface area contributed by atoms with Crippen molar-refractivity contribution in [2.45, 2.75) is 25.7 Å². The van der Waals surface area contributed by atoms with Crippen LogP contribution in [0.15, 0.2) is 18.2 Å². The molecule has 0 aliphatic carbocycles. The molecule has 4 heteroatoms. The van der Waals surface area contributed by atoms with Gasteiger partial charge in [-0.2, -0.15) is 0 Å². The Hall–Kier alpha value is -1.35. The molecule has 1 fully saturated rings. The van der Waals surface area contributed by atoms with Crippen molar-refractivity contribution in [3.8, 4) is 0 Å². The van der Waals surface area contributed by atoms with Crippen LogP contribution in [0.2, 0.25) is 5.02 Å². The van der Waals surface area contributed by atoms with Gasteiger partial charge in [-0.15, -0.1) is 0 Å². The summed E-state index contributed by atoms with van der Waals surface area (Å²) in [6.45, 7) is 3.10. The highest BCUT2D eigenvalue weighted by molar-refractivity contribution is 6.30. The maximum absolute atomic E-state index is 11.3. The second kappa shape index (κ2) is 5.53. The molecule has 1 aliphatic heterocycles. The summed E-state index contributed by atoms with van der Waals surface area (Å²) in [5.41, 5.74) is 1.72. The number of hydrogen-bond donors (Lipinski definition) is 0. The molecule has 0 saturated carbocycles. The molecule has 2 rings (SSSR count). The number of carbonyl (C=O) groups is 2. The van der Waals surface area contributed by atoms with E-state index in [4.69, 9.17) is 11.6 Å². The van der Waals surface area contributed by atoms with E-state index >= 15 is 0 Å². The first-order valence-electron chi connectivity index (χ1n) is 6.12. The zero-order chi connectivity index (χ0) is 13.1. The molecule has 1 aromatic carbocycles. The molecule has 0 spiro atoms. The number of piperidine rings is 1. The molecule has 0 unspecified atom stereocenters. The number of nitrogens with zero attached hydrogens (tertiary/aromatic N) is 1. The normalized spacial score (nSPS) is 16.7. The Kier molecular flexibility index (Phi) is 4.02. The number of benzene rings is 1. The van der Waals surface area contributed by atoms with Gasteiger partial charge in [0.1, 0.15) is 6.29 Å². The Morgan fingerprint density at radius 2 is 2.06 bits per heavy atom. The molecular formula is C14H16ClNO2. The molecule has 0 N–H and O–H groups in total. The van der Waals surface area contributed by atoms with E-state index in [1.165, 1.54) is 0 Å². The summed E-state index contributed by atoms with van der Waals surface area (Å²) < 4.78 is 0. The molecule has 1 aromatic rings. The molecule has 3 nitrogen and oxygen atoms in total. The van der Waals surface area contributed by atoms with Crippen molar-refractivity contribution < 1.29 is 9.59 Å². The van der Waals surface area contributed by atoms with Crippen LogP contribution in [0.25, 0.3) is 0 Å². The first-order chi connectivity index (χ1) is 8.61. The van der Waals surface area contributed by atoms with Crippen LogP contribution in [-0.2, 0) is 4.79 Å². The van der Waals surface area contributed by atoms with E-state index in [-0.39, 0.29) is 5.91 Å². The van der Waals surface area contributed by atoms with Crippen molar-refractivity contribution in [3.63, 3.8) is 0 Å². The van der Waals surface area contributed by atoms with Crippen LogP contribution in [0, 0.1) is 0 Å². The molecule has 96 valence electrons. The summed E-state index contributed by atoms with van der Waals surface area (Å²) in [6, 6.07) is 5.38. The van der Waals surface area contributed by atoms with E-state index in [0.717, 1.165) is 37.8 Å². The topological polar surface area (TPSA) is 37.4 Å². The number of likely N-dealkylation sites (tertiary alicyclic amines) is 1. The van der Waals surface area contributed by atoms with Crippen molar-refractivity contribution in [2.75, 3.05) is 13.1 Å². The average molecular weight is 266 g/mol. The Morgan fingerprint density at radius 3 is 2.61 bits per heavy atom. The van der Waals surface area contributed by atoms with Crippen LogP contribution in [0.1, 0.15) is 41.6 Å². The van der Waals surface area contributed by atoms with Crippen LogP contribution in [0.5, 0.6) is 0 Å². The molecule has 1 amide bonds. The monoisotopic (exact) mass is 265 g/mol. The lowest BCUT2D eigenvalue weighted by Crippen LogP contribution is -2.36. The minimum absolute atomic E-state index is 0.121. The van der Waals surface area contributed by atoms with Crippen molar-refractivity contribution in [2.24, 2.45) is 0 Å². The lowest BCUT2D eigenvalue weighted by Gasteiger charge is -2.32. The maximum Gasteiger partial charge on any atom is 0.219 e. The molecule has 18 heavy (non-hydrogen) atoms. The van der Waals surface area contributed by atoms with E-state index in [1.54, 1.807) is 19.1 Å². The zero-order valence-corrected chi connectivity index (χ0v) is 11.1.